The third-order valence-corrected chi connectivity index (χ3v) is 5.28. The Hall–Kier alpha value is -1.13. The van der Waals surface area contributed by atoms with Gasteiger partial charge in [-0.05, 0) is 36.4 Å². The average molecular weight is 477 g/mol. The zero-order valence-corrected chi connectivity index (χ0v) is 14.9. The minimum atomic E-state index is -4.73. The Morgan fingerprint density at radius 2 is 1.65 bits per heavy atom. The van der Waals surface area contributed by atoms with Crippen molar-refractivity contribution in [2.24, 2.45) is 0 Å². The Balaban J connectivity index is 2.44. The van der Waals surface area contributed by atoms with E-state index in [0.29, 0.717) is 10.5 Å². The van der Waals surface area contributed by atoms with Gasteiger partial charge in [0, 0.05) is 8.95 Å². The molecule has 2 aromatic carbocycles. The topological polar surface area (TPSA) is 46.2 Å². The van der Waals surface area contributed by atoms with E-state index >= 15 is 0 Å². The van der Waals surface area contributed by atoms with Crippen molar-refractivity contribution in [3.05, 3.63) is 56.7 Å². The molecule has 1 N–H and O–H groups in total. The van der Waals surface area contributed by atoms with E-state index < -0.39 is 32.5 Å². The van der Waals surface area contributed by atoms with Gasteiger partial charge in [-0.3, -0.25) is 4.72 Å². The molecule has 0 atom stereocenters. The summed E-state index contributed by atoms with van der Waals surface area (Å²) in [5.74, 6) is -0.865. The molecular formula is C13H7Br2F4NO2S. The van der Waals surface area contributed by atoms with Gasteiger partial charge in [-0.1, -0.05) is 31.9 Å². The van der Waals surface area contributed by atoms with Gasteiger partial charge < -0.3 is 0 Å². The van der Waals surface area contributed by atoms with Crippen molar-refractivity contribution in [3.8, 4) is 0 Å². The Kier molecular flexibility index (Phi) is 5.07. The maximum atomic E-state index is 13.7. The number of benzene rings is 2. The summed E-state index contributed by atoms with van der Waals surface area (Å²) < 4.78 is 78.5. The number of sulfonamides is 1. The van der Waals surface area contributed by atoms with Crippen molar-refractivity contribution < 1.29 is 26.0 Å². The largest absolute Gasteiger partial charge is 0.417 e. The molecule has 124 valence electrons. The van der Waals surface area contributed by atoms with E-state index in [1.807, 2.05) is 4.72 Å². The lowest BCUT2D eigenvalue weighted by atomic mass is 10.2. The van der Waals surface area contributed by atoms with E-state index in [1.54, 1.807) is 0 Å². The van der Waals surface area contributed by atoms with Crippen LogP contribution in [-0.2, 0) is 16.2 Å². The van der Waals surface area contributed by atoms with Crippen LogP contribution in [0.1, 0.15) is 5.56 Å². The number of alkyl halides is 3. The predicted molar refractivity (Wildman–Crippen MR) is 84.1 cm³/mol. The molecule has 0 radical (unpaired) electrons. The average Bonchev–Trinajstić information content (AvgIpc) is 2.41. The van der Waals surface area contributed by atoms with Crippen molar-refractivity contribution in [1.29, 1.82) is 0 Å². The van der Waals surface area contributed by atoms with Gasteiger partial charge >= 0.3 is 6.18 Å². The molecular weight excluding hydrogens is 470 g/mol. The first-order valence-electron chi connectivity index (χ1n) is 5.85. The second-order valence-corrected chi connectivity index (χ2v) is 7.82. The van der Waals surface area contributed by atoms with E-state index in [9.17, 15) is 26.0 Å². The maximum absolute atomic E-state index is 13.7. The molecule has 0 spiro atoms. The summed E-state index contributed by atoms with van der Waals surface area (Å²) in [6, 6.07) is 6.00. The molecule has 0 saturated heterocycles. The van der Waals surface area contributed by atoms with Crippen molar-refractivity contribution in [2.75, 3.05) is 4.72 Å². The van der Waals surface area contributed by atoms with Gasteiger partial charge in [-0.25, -0.2) is 12.8 Å². The summed E-state index contributed by atoms with van der Waals surface area (Å²) in [6.45, 7) is 0. The Bertz CT molecular complexity index is 854. The predicted octanol–water partition coefficient (Wildman–Crippen LogP) is 5.17. The molecule has 3 nitrogen and oxygen atoms in total. The van der Waals surface area contributed by atoms with E-state index in [-0.39, 0.29) is 10.2 Å². The van der Waals surface area contributed by atoms with Gasteiger partial charge in [0.25, 0.3) is 10.0 Å². The quantitative estimate of drug-likeness (QED) is 0.621. The molecule has 2 rings (SSSR count). The number of nitrogens with one attached hydrogen (secondary N) is 1. The normalized spacial score (nSPS) is 12.3. The highest BCUT2D eigenvalue weighted by molar-refractivity contribution is 9.10. The molecule has 0 aromatic heterocycles. The van der Waals surface area contributed by atoms with Crippen LogP contribution in [0.3, 0.4) is 0 Å². The zero-order chi connectivity index (χ0) is 17.4. The van der Waals surface area contributed by atoms with E-state index in [1.165, 1.54) is 6.07 Å². The third kappa shape index (κ3) is 4.24. The highest BCUT2D eigenvalue weighted by Crippen LogP contribution is 2.36. The molecule has 0 aliphatic heterocycles. The molecule has 0 heterocycles. The fourth-order valence-corrected chi connectivity index (χ4v) is 3.56. The molecule has 0 saturated carbocycles. The summed E-state index contributed by atoms with van der Waals surface area (Å²) >= 11 is 5.73. The summed E-state index contributed by atoms with van der Waals surface area (Å²) in [6.07, 6.45) is -4.73. The van der Waals surface area contributed by atoms with Crippen LogP contribution < -0.4 is 4.72 Å². The Morgan fingerprint density at radius 1 is 1.00 bits per heavy atom. The van der Waals surface area contributed by atoms with Crippen LogP contribution in [0.4, 0.5) is 23.2 Å². The lowest BCUT2D eigenvalue weighted by Crippen LogP contribution is -2.15. The Labute approximate surface area is 146 Å². The van der Waals surface area contributed by atoms with Gasteiger partial charge in [0.05, 0.1) is 16.1 Å². The molecule has 0 fully saturated rings. The zero-order valence-electron chi connectivity index (χ0n) is 11.0. The van der Waals surface area contributed by atoms with Gasteiger partial charge in [-0.15, -0.1) is 0 Å². The van der Waals surface area contributed by atoms with E-state index in [2.05, 4.69) is 31.9 Å². The summed E-state index contributed by atoms with van der Waals surface area (Å²) in [5, 5.41) is 0. The minimum Gasteiger partial charge on any atom is -0.277 e. The summed E-state index contributed by atoms with van der Waals surface area (Å²) in [4.78, 5) is -0.629. The number of rotatable bonds is 3. The molecule has 0 bridgehead atoms. The van der Waals surface area contributed by atoms with Crippen LogP contribution in [0.5, 0.6) is 0 Å². The van der Waals surface area contributed by atoms with Crippen LogP contribution in [0, 0.1) is 5.82 Å². The highest BCUT2D eigenvalue weighted by Gasteiger charge is 2.34. The standard InChI is InChI=1S/C13H7Br2F4NO2S/c14-7-1-4-12(11(16)5-7)20-23(21,22)8-2-3-10(15)9(6-8)13(17,18)19/h1-6,20H. The molecule has 0 aliphatic rings. The summed E-state index contributed by atoms with van der Waals surface area (Å²) in [7, 11) is -4.37. The first-order valence-corrected chi connectivity index (χ1v) is 8.92. The fourth-order valence-electron chi connectivity index (χ4n) is 1.66. The van der Waals surface area contributed by atoms with Crippen LogP contribution in [0.15, 0.2) is 50.2 Å². The van der Waals surface area contributed by atoms with Gasteiger partial charge in [0.15, 0.2) is 0 Å². The van der Waals surface area contributed by atoms with Crippen molar-refractivity contribution in [2.45, 2.75) is 11.1 Å². The van der Waals surface area contributed by atoms with Crippen LogP contribution in [-0.4, -0.2) is 8.42 Å². The van der Waals surface area contributed by atoms with Crippen molar-refractivity contribution >= 4 is 47.6 Å². The SMILES string of the molecule is O=S(=O)(Nc1ccc(Br)cc1F)c1ccc(Br)c(C(F)(F)F)c1. The maximum Gasteiger partial charge on any atom is 0.417 e. The van der Waals surface area contributed by atoms with E-state index in [4.69, 9.17) is 0 Å². The van der Waals surface area contributed by atoms with Gasteiger partial charge in [0.2, 0.25) is 0 Å². The molecule has 2 aromatic rings. The lowest BCUT2D eigenvalue weighted by Gasteiger charge is -2.13. The second-order valence-electron chi connectivity index (χ2n) is 4.37. The Morgan fingerprint density at radius 3 is 2.22 bits per heavy atom. The number of hydrogen-bond acceptors (Lipinski definition) is 2. The van der Waals surface area contributed by atoms with Gasteiger partial charge in [0.1, 0.15) is 5.82 Å². The van der Waals surface area contributed by atoms with Crippen LogP contribution in [0.2, 0.25) is 0 Å². The van der Waals surface area contributed by atoms with E-state index in [0.717, 1.165) is 24.3 Å². The lowest BCUT2D eigenvalue weighted by molar-refractivity contribution is -0.138. The first-order chi connectivity index (χ1) is 10.5. The van der Waals surface area contributed by atoms with Crippen LogP contribution in [0.25, 0.3) is 0 Å². The monoisotopic (exact) mass is 475 g/mol. The second kappa shape index (κ2) is 6.40. The summed E-state index contributed by atoms with van der Waals surface area (Å²) in [5.41, 5.74) is -1.51. The third-order valence-electron chi connectivity index (χ3n) is 2.73. The van der Waals surface area contributed by atoms with Crippen molar-refractivity contribution in [1.82, 2.24) is 0 Å². The number of anilines is 1. The van der Waals surface area contributed by atoms with Crippen LogP contribution >= 0.6 is 31.9 Å². The number of hydrogen-bond donors (Lipinski definition) is 1. The first kappa shape index (κ1) is 18.2. The molecule has 0 amide bonds. The number of halogens is 6. The fraction of sp³-hybridized carbons (Fsp3) is 0.0769. The van der Waals surface area contributed by atoms with Gasteiger partial charge in [-0.2, -0.15) is 13.2 Å². The molecule has 0 aliphatic carbocycles. The smallest absolute Gasteiger partial charge is 0.277 e. The highest BCUT2D eigenvalue weighted by atomic mass is 79.9. The molecule has 0 unspecified atom stereocenters. The minimum absolute atomic E-state index is 0.293. The molecule has 10 heteroatoms. The molecule has 23 heavy (non-hydrogen) atoms. The van der Waals surface area contributed by atoms with Crippen molar-refractivity contribution in [3.63, 3.8) is 0 Å².